The monoisotopic (exact) mass is 388 g/mol. The van der Waals surface area contributed by atoms with Gasteiger partial charge in [0, 0.05) is 12.1 Å². The van der Waals surface area contributed by atoms with Gasteiger partial charge in [-0.2, -0.15) is 5.10 Å². The van der Waals surface area contributed by atoms with Gasteiger partial charge in [0.1, 0.15) is 5.82 Å². The maximum Gasteiger partial charge on any atom is 0.239 e. The normalized spacial score (nSPS) is 15.3. The summed E-state index contributed by atoms with van der Waals surface area (Å²) in [5, 5.41) is 10.7. The van der Waals surface area contributed by atoms with Crippen LogP contribution in [0.2, 0.25) is 0 Å². The molecule has 150 valence electrons. The van der Waals surface area contributed by atoms with Gasteiger partial charge < -0.3 is 10.6 Å². The van der Waals surface area contributed by atoms with Crippen LogP contribution in [0.5, 0.6) is 0 Å². The molecule has 3 aromatic rings. The first kappa shape index (κ1) is 19.4. The fourth-order valence-corrected chi connectivity index (χ4v) is 4.00. The smallest absolute Gasteiger partial charge is 0.239 e. The van der Waals surface area contributed by atoms with Gasteiger partial charge in [-0.3, -0.25) is 4.79 Å². The summed E-state index contributed by atoms with van der Waals surface area (Å²) in [6.07, 6.45) is 6.51. The maximum absolute atomic E-state index is 12.4. The molecule has 0 unspecified atom stereocenters. The van der Waals surface area contributed by atoms with E-state index in [1.165, 1.54) is 24.0 Å². The first-order chi connectivity index (χ1) is 14.2. The number of hydrogen-bond donors (Lipinski definition) is 2. The molecule has 5 nitrogen and oxygen atoms in total. The Morgan fingerprint density at radius 3 is 2.45 bits per heavy atom. The predicted molar refractivity (Wildman–Crippen MR) is 117 cm³/mol. The minimum Gasteiger partial charge on any atom is -0.310 e. The lowest BCUT2D eigenvalue weighted by atomic mass is 10.0. The second-order valence-electron chi connectivity index (χ2n) is 7.74. The van der Waals surface area contributed by atoms with Crippen LogP contribution in [0, 0.1) is 0 Å². The first-order valence-corrected chi connectivity index (χ1v) is 10.4. The maximum atomic E-state index is 12.4. The first-order valence-electron chi connectivity index (χ1n) is 10.4. The number of nitrogens with zero attached hydrogens (tertiary/aromatic N) is 2. The number of anilines is 1. The zero-order chi connectivity index (χ0) is 20.1. The standard InChI is InChI=1S/C24H28N4O/c1-18(19-11-13-21(14-12-19)20-7-3-2-4-8-20)25-17-24(29)27-23-15-16-26-28(23)22-9-5-6-10-22/h2-4,7-8,11-16,18,22,25H,5-6,9-10,17H2,1H3,(H,27,29)/t18-/m0/s1. The molecule has 1 amide bonds. The molecule has 1 aliphatic carbocycles. The third kappa shape index (κ3) is 4.74. The lowest BCUT2D eigenvalue weighted by Gasteiger charge is -2.17. The van der Waals surface area contributed by atoms with Crippen molar-refractivity contribution in [2.75, 3.05) is 11.9 Å². The van der Waals surface area contributed by atoms with E-state index >= 15 is 0 Å². The van der Waals surface area contributed by atoms with E-state index in [2.05, 4.69) is 59.1 Å². The van der Waals surface area contributed by atoms with Gasteiger partial charge in [0.05, 0.1) is 18.8 Å². The zero-order valence-electron chi connectivity index (χ0n) is 16.8. The van der Waals surface area contributed by atoms with Gasteiger partial charge >= 0.3 is 0 Å². The van der Waals surface area contributed by atoms with Crippen molar-refractivity contribution >= 4 is 11.7 Å². The SMILES string of the molecule is C[C@H](NCC(=O)Nc1ccnn1C1CCCC1)c1ccc(-c2ccccc2)cc1. The fourth-order valence-electron chi connectivity index (χ4n) is 4.00. The molecule has 1 heterocycles. The number of carbonyl (C=O) groups excluding carboxylic acids is 1. The summed E-state index contributed by atoms with van der Waals surface area (Å²) in [4.78, 5) is 12.4. The summed E-state index contributed by atoms with van der Waals surface area (Å²) in [6, 6.07) is 21.2. The van der Waals surface area contributed by atoms with Gasteiger partial charge in [0.15, 0.2) is 0 Å². The summed E-state index contributed by atoms with van der Waals surface area (Å²) in [7, 11) is 0. The van der Waals surface area contributed by atoms with E-state index in [9.17, 15) is 4.79 Å². The molecular weight excluding hydrogens is 360 g/mol. The molecule has 0 bridgehead atoms. The molecule has 1 aliphatic rings. The van der Waals surface area contributed by atoms with Crippen molar-refractivity contribution in [2.24, 2.45) is 0 Å². The third-order valence-corrected chi connectivity index (χ3v) is 5.69. The van der Waals surface area contributed by atoms with Crippen LogP contribution in [0.3, 0.4) is 0 Å². The highest BCUT2D eigenvalue weighted by Gasteiger charge is 2.20. The van der Waals surface area contributed by atoms with Crippen molar-refractivity contribution in [1.82, 2.24) is 15.1 Å². The lowest BCUT2D eigenvalue weighted by Crippen LogP contribution is -2.31. The molecule has 1 aromatic heterocycles. The largest absolute Gasteiger partial charge is 0.310 e. The van der Waals surface area contributed by atoms with E-state index in [1.807, 2.05) is 28.9 Å². The molecule has 2 aromatic carbocycles. The summed E-state index contributed by atoms with van der Waals surface area (Å²) in [5.74, 6) is 0.751. The van der Waals surface area contributed by atoms with Crippen LogP contribution in [-0.2, 0) is 4.79 Å². The predicted octanol–water partition coefficient (Wildman–Crippen LogP) is 4.95. The number of aromatic nitrogens is 2. The van der Waals surface area contributed by atoms with E-state index in [1.54, 1.807) is 6.20 Å². The van der Waals surface area contributed by atoms with E-state index in [0.717, 1.165) is 24.2 Å². The Morgan fingerprint density at radius 2 is 1.72 bits per heavy atom. The van der Waals surface area contributed by atoms with Crippen molar-refractivity contribution in [3.63, 3.8) is 0 Å². The highest BCUT2D eigenvalue weighted by Crippen LogP contribution is 2.31. The van der Waals surface area contributed by atoms with Crippen molar-refractivity contribution in [3.05, 3.63) is 72.4 Å². The number of benzene rings is 2. The second-order valence-corrected chi connectivity index (χ2v) is 7.74. The zero-order valence-corrected chi connectivity index (χ0v) is 16.8. The Labute approximate surface area is 172 Å². The van der Waals surface area contributed by atoms with Crippen LogP contribution >= 0.6 is 0 Å². The van der Waals surface area contributed by atoms with Crippen LogP contribution in [0.25, 0.3) is 11.1 Å². The number of hydrogen-bond acceptors (Lipinski definition) is 3. The minimum absolute atomic E-state index is 0.0440. The minimum atomic E-state index is -0.0440. The summed E-state index contributed by atoms with van der Waals surface area (Å²) in [5.41, 5.74) is 3.56. The number of carbonyl (C=O) groups is 1. The highest BCUT2D eigenvalue weighted by molar-refractivity contribution is 5.91. The molecule has 0 aliphatic heterocycles. The Kier molecular flexibility index (Phi) is 6.06. The molecule has 4 rings (SSSR count). The van der Waals surface area contributed by atoms with Crippen molar-refractivity contribution in [2.45, 2.75) is 44.7 Å². The Balaban J connectivity index is 1.31. The molecule has 0 saturated heterocycles. The van der Waals surface area contributed by atoms with Crippen LogP contribution in [0.1, 0.15) is 50.3 Å². The van der Waals surface area contributed by atoms with Gasteiger partial charge in [-0.1, -0.05) is 67.4 Å². The van der Waals surface area contributed by atoms with Crippen LogP contribution in [0.15, 0.2) is 66.9 Å². The van der Waals surface area contributed by atoms with E-state index < -0.39 is 0 Å². The van der Waals surface area contributed by atoms with Crippen molar-refractivity contribution in [3.8, 4) is 11.1 Å². The lowest BCUT2D eigenvalue weighted by molar-refractivity contribution is -0.115. The second kappa shape index (κ2) is 9.05. The van der Waals surface area contributed by atoms with Crippen LogP contribution in [0.4, 0.5) is 5.82 Å². The average molecular weight is 389 g/mol. The van der Waals surface area contributed by atoms with Crippen molar-refractivity contribution in [1.29, 1.82) is 0 Å². The van der Waals surface area contributed by atoms with Gasteiger partial charge in [0.2, 0.25) is 5.91 Å². The topological polar surface area (TPSA) is 59.0 Å². The number of amides is 1. The van der Waals surface area contributed by atoms with E-state index in [0.29, 0.717) is 6.04 Å². The highest BCUT2D eigenvalue weighted by atomic mass is 16.2. The Bertz CT molecular complexity index is 927. The molecule has 1 atom stereocenters. The van der Waals surface area contributed by atoms with Gasteiger partial charge in [-0.05, 0) is 36.5 Å². The van der Waals surface area contributed by atoms with Gasteiger partial charge in [-0.15, -0.1) is 0 Å². The molecule has 2 N–H and O–H groups in total. The average Bonchev–Trinajstić information content (AvgIpc) is 3.44. The number of nitrogens with one attached hydrogen (secondary N) is 2. The summed E-state index contributed by atoms with van der Waals surface area (Å²) < 4.78 is 1.97. The molecular formula is C24H28N4O. The third-order valence-electron chi connectivity index (χ3n) is 5.69. The number of rotatable bonds is 7. The Morgan fingerprint density at radius 1 is 1.03 bits per heavy atom. The summed E-state index contributed by atoms with van der Waals surface area (Å²) >= 11 is 0. The molecule has 5 heteroatoms. The quantitative estimate of drug-likeness (QED) is 0.602. The van der Waals surface area contributed by atoms with E-state index in [-0.39, 0.29) is 18.5 Å². The van der Waals surface area contributed by atoms with Crippen LogP contribution < -0.4 is 10.6 Å². The molecule has 29 heavy (non-hydrogen) atoms. The van der Waals surface area contributed by atoms with E-state index in [4.69, 9.17) is 0 Å². The molecule has 0 radical (unpaired) electrons. The van der Waals surface area contributed by atoms with Gasteiger partial charge in [0.25, 0.3) is 0 Å². The van der Waals surface area contributed by atoms with Gasteiger partial charge in [-0.25, -0.2) is 4.68 Å². The Hall–Kier alpha value is -2.92. The molecule has 0 spiro atoms. The van der Waals surface area contributed by atoms with Crippen LogP contribution in [-0.4, -0.2) is 22.2 Å². The fraction of sp³-hybridized carbons (Fsp3) is 0.333. The summed E-state index contributed by atoms with van der Waals surface area (Å²) in [6.45, 7) is 2.34. The molecule has 1 fully saturated rings. The van der Waals surface area contributed by atoms with Crippen molar-refractivity contribution < 1.29 is 4.79 Å². The molecule has 1 saturated carbocycles.